The molecule has 0 radical (unpaired) electrons. The third-order valence-electron chi connectivity index (χ3n) is 4.11. The molecule has 2 fully saturated rings. The second-order valence-electron chi connectivity index (χ2n) is 6.13. The van der Waals surface area contributed by atoms with Crippen LogP contribution in [0.25, 0.3) is 0 Å². The lowest BCUT2D eigenvalue weighted by Gasteiger charge is -2.28. The number of amides is 1. The molecule has 1 amide bonds. The highest BCUT2D eigenvalue weighted by Crippen LogP contribution is 2.29. The summed E-state index contributed by atoms with van der Waals surface area (Å²) in [7, 11) is 0. The molecule has 0 aromatic carbocycles. The molecule has 17 heavy (non-hydrogen) atoms. The van der Waals surface area contributed by atoms with Crippen molar-refractivity contribution in [2.24, 2.45) is 5.41 Å². The van der Waals surface area contributed by atoms with Crippen LogP contribution in [0.5, 0.6) is 0 Å². The molecule has 2 saturated heterocycles. The average Bonchev–Trinajstić information content (AvgIpc) is 2.80. The van der Waals surface area contributed by atoms with Gasteiger partial charge in [-0.05, 0) is 24.7 Å². The van der Waals surface area contributed by atoms with Crippen molar-refractivity contribution in [2.45, 2.75) is 51.6 Å². The fraction of sp³-hybridized carbons (Fsp3) is 0.923. The van der Waals surface area contributed by atoms with Crippen LogP contribution in [0.4, 0.5) is 0 Å². The van der Waals surface area contributed by atoms with E-state index < -0.39 is 0 Å². The summed E-state index contributed by atoms with van der Waals surface area (Å²) in [4.78, 5) is 13.8. The molecule has 0 aromatic rings. The first kappa shape index (κ1) is 12.8. The summed E-state index contributed by atoms with van der Waals surface area (Å²) in [5.41, 5.74) is 0.101. The third-order valence-corrected chi connectivity index (χ3v) is 4.11. The summed E-state index contributed by atoms with van der Waals surface area (Å²) in [6, 6.07) is 0.746. The molecular weight excluding hydrogens is 216 g/mol. The summed E-state index contributed by atoms with van der Waals surface area (Å²) in [5, 5.41) is 12.5. The second kappa shape index (κ2) is 4.94. The minimum Gasteiger partial charge on any atom is -0.396 e. The molecule has 2 aliphatic rings. The van der Waals surface area contributed by atoms with Gasteiger partial charge in [-0.25, -0.2) is 0 Å². The van der Waals surface area contributed by atoms with Crippen LogP contribution in [0.15, 0.2) is 0 Å². The molecule has 2 N–H and O–H groups in total. The molecule has 0 aromatic heterocycles. The number of fused-ring (bicyclic) bond motifs is 1. The van der Waals surface area contributed by atoms with Gasteiger partial charge in [-0.15, -0.1) is 0 Å². The summed E-state index contributed by atoms with van der Waals surface area (Å²) < 4.78 is 0. The standard InChI is InChI=1S/C13H24N2O2/c1-13(2,5-7-16)9-14-10-8-12(17)15-6-3-4-11(10)15/h10-11,14,16H,3-9H2,1-2H3. The Kier molecular flexibility index (Phi) is 3.73. The summed E-state index contributed by atoms with van der Waals surface area (Å²) in [5.74, 6) is 0.310. The van der Waals surface area contributed by atoms with Gasteiger partial charge < -0.3 is 15.3 Å². The number of hydrogen-bond donors (Lipinski definition) is 2. The zero-order chi connectivity index (χ0) is 12.5. The molecule has 0 spiro atoms. The predicted molar refractivity (Wildman–Crippen MR) is 66.6 cm³/mol. The number of carbonyl (C=O) groups is 1. The molecule has 0 bridgehead atoms. The normalized spacial score (nSPS) is 28.9. The van der Waals surface area contributed by atoms with E-state index in [1.165, 1.54) is 0 Å². The zero-order valence-electron chi connectivity index (χ0n) is 10.9. The average molecular weight is 240 g/mol. The highest BCUT2D eigenvalue weighted by molar-refractivity contribution is 5.80. The quantitative estimate of drug-likeness (QED) is 0.745. The Bertz CT molecular complexity index is 291. The van der Waals surface area contributed by atoms with E-state index in [2.05, 4.69) is 19.2 Å². The Morgan fingerprint density at radius 1 is 1.53 bits per heavy atom. The zero-order valence-corrected chi connectivity index (χ0v) is 10.9. The Hall–Kier alpha value is -0.610. The Balaban J connectivity index is 1.86. The first-order chi connectivity index (χ1) is 8.03. The van der Waals surface area contributed by atoms with Gasteiger partial charge in [0.1, 0.15) is 0 Å². The van der Waals surface area contributed by atoms with Crippen molar-refractivity contribution in [1.29, 1.82) is 0 Å². The Morgan fingerprint density at radius 3 is 3.00 bits per heavy atom. The fourth-order valence-corrected chi connectivity index (χ4v) is 2.97. The van der Waals surface area contributed by atoms with Gasteiger partial charge in [0, 0.05) is 38.2 Å². The van der Waals surface area contributed by atoms with Crippen LogP contribution in [0, 0.1) is 5.41 Å². The molecule has 0 saturated carbocycles. The maximum atomic E-state index is 11.8. The smallest absolute Gasteiger partial charge is 0.224 e. The van der Waals surface area contributed by atoms with Crippen molar-refractivity contribution < 1.29 is 9.90 Å². The number of hydrogen-bond acceptors (Lipinski definition) is 3. The molecular formula is C13H24N2O2. The van der Waals surface area contributed by atoms with Gasteiger partial charge in [0.05, 0.1) is 0 Å². The van der Waals surface area contributed by atoms with E-state index in [1.807, 2.05) is 4.90 Å². The van der Waals surface area contributed by atoms with Crippen LogP contribution in [0.1, 0.15) is 39.5 Å². The molecule has 2 heterocycles. The van der Waals surface area contributed by atoms with Crippen LogP contribution >= 0.6 is 0 Å². The minimum atomic E-state index is 0.101. The maximum absolute atomic E-state index is 11.8. The summed E-state index contributed by atoms with van der Waals surface area (Å²) >= 11 is 0. The van der Waals surface area contributed by atoms with Gasteiger partial charge in [0.15, 0.2) is 0 Å². The summed E-state index contributed by atoms with van der Waals surface area (Å²) in [6.45, 7) is 6.35. The van der Waals surface area contributed by atoms with Gasteiger partial charge in [-0.2, -0.15) is 0 Å². The van der Waals surface area contributed by atoms with Crippen molar-refractivity contribution in [2.75, 3.05) is 19.7 Å². The molecule has 2 unspecified atom stereocenters. The van der Waals surface area contributed by atoms with E-state index in [9.17, 15) is 4.79 Å². The van der Waals surface area contributed by atoms with Crippen LogP contribution in [0.3, 0.4) is 0 Å². The highest BCUT2D eigenvalue weighted by atomic mass is 16.3. The predicted octanol–water partition coefficient (Wildman–Crippen LogP) is 0.748. The minimum absolute atomic E-state index is 0.101. The van der Waals surface area contributed by atoms with Gasteiger partial charge in [-0.1, -0.05) is 13.8 Å². The van der Waals surface area contributed by atoms with E-state index in [4.69, 9.17) is 5.11 Å². The maximum Gasteiger partial charge on any atom is 0.224 e. The lowest BCUT2D eigenvalue weighted by Crippen LogP contribution is -2.43. The van der Waals surface area contributed by atoms with Crippen LogP contribution in [-0.4, -0.2) is 47.7 Å². The second-order valence-corrected chi connectivity index (χ2v) is 6.13. The van der Waals surface area contributed by atoms with Crippen molar-refractivity contribution in [1.82, 2.24) is 10.2 Å². The third kappa shape index (κ3) is 2.80. The van der Waals surface area contributed by atoms with Crippen molar-refractivity contribution in [3.63, 3.8) is 0 Å². The van der Waals surface area contributed by atoms with E-state index in [0.29, 0.717) is 24.4 Å². The van der Waals surface area contributed by atoms with Crippen molar-refractivity contribution >= 4 is 5.91 Å². The van der Waals surface area contributed by atoms with Crippen LogP contribution in [-0.2, 0) is 4.79 Å². The van der Waals surface area contributed by atoms with E-state index in [-0.39, 0.29) is 12.0 Å². The number of nitrogens with zero attached hydrogens (tertiary/aromatic N) is 1. The van der Waals surface area contributed by atoms with E-state index in [0.717, 1.165) is 32.4 Å². The Labute approximate surface area is 103 Å². The van der Waals surface area contributed by atoms with Gasteiger partial charge in [-0.3, -0.25) is 4.79 Å². The molecule has 2 rings (SSSR count). The van der Waals surface area contributed by atoms with E-state index >= 15 is 0 Å². The summed E-state index contributed by atoms with van der Waals surface area (Å²) in [6.07, 6.45) is 3.74. The molecule has 4 nitrogen and oxygen atoms in total. The SMILES string of the molecule is CC(C)(CCO)CNC1CC(=O)N2CCCC12. The molecule has 98 valence electrons. The number of aliphatic hydroxyl groups excluding tert-OH is 1. The molecule has 2 aliphatic heterocycles. The number of carbonyl (C=O) groups excluding carboxylic acids is 1. The number of nitrogens with one attached hydrogen (secondary N) is 1. The first-order valence-electron chi connectivity index (χ1n) is 6.67. The largest absolute Gasteiger partial charge is 0.396 e. The van der Waals surface area contributed by atoms with Crippen molar-refractivity contribution in [3.8, 4) is 0 Å². The van der Waals surface area contributed by atoms with Crippen LogP contribution in [0.2, 0.25) is 0 Å². The van der Waals surface area contributed by atoms with Gasteiger partial charge in [0.25, 0.3) is 0 Å². The monoisotopic (exact) mass is 240 g/mol. The van der Waals surface area contributed by atoms with Crippen molar-refractivity contribution in [3.05, 3.63) is 0 Å². The topological polar surface area (TPSA) is 52.6 Å². The van der Waals surface area contributed by atoms with Gasteiger partial charge >= 0.3 is 0 Å². The lowest BCUT2D eigenvalue weighted by molar-refractivity contribution is -0.127. The van der Waals surface area contributed by atoms with Gasteiger partial charge in [0.2, 0.25) is 5.91 Å². The molecule has 4 heteroatoms. The lowest BCUT2D eigenvalue weighted by atomic mass is 9.89. The fourth-order valence-electron chi connectivity index (χ4n) is 2.97. The highest BCUT2D eigenvalue weighted by Gasteiger charge is 2.42. The Morgan fingerprint density at radius 2 is 2.29 bits per heavy atom. The molecule has 2 atom stereocenters. The number of rotatable bonds is 5. The number of aliphatic hydroxyl groups is 1. The van der Waals surface area contributed by atoms with E-state index in [1.54, 1.807) is 0 Å². The first-order valence-corrected chi connectivity index (χ1v) is 6.67. The van der Waals surface area contributed by atoms with Crippen LogP contribution < -0.4 is 5.32 Å². The molecule has 0 aliphatic carbocycles.